The van der Waals surface area contributed by atoms with Crippen LogP contribution in [0.2, 0.25) is 0 Å². The van der Waals surface area contributed by atoms with Crippen molar-refractivity contribution >= 4 is 0 Å². The summed E-state index contributed by atoms with van der Waals surface area (Å²) < 4.78 is 0. The van der Waals surface area contributed by atoms with Gasteiger partial charge in [-0.15, -0.1) is 0 Å². The molecular formula is C6H8N4. The van der Waals surface area contributed by atoms with Gasteiger partial charge in [-0.2, -0.15) is 0 Å². The Morgan fingerprint density at radius 2 is 2.50 bits per heavy atom. The van der Waals surface area contributed by atoms with E-state index in [1.54, 1.807) is 0 Å². The Morgan fingerprint density at radius 1 is 1.60 bits per heavy atom. The molecule has 1 aliphatic heterocycles. The van der Waals surface area contributed by atoms with Crippen LogP contribution >= 0.6 is 0 Å². The first-order valence-corrected chi connectivity index (χ1v) is 3.16. The van der Waals surface area contributed by atoms with E-state index in [1.807, 2.05) is 19.3 Å². The molecule has 0 fully saturated rings. The SMILES string of the molecule is CNC1N=c2cc[nH]c2=N1. The lowest BCUT2D eigenvalue weighted by Gasteiger charge is -1.97. The molecule has 1 aromatic heterocycles. The zero-order valence-corrected chi connectivity index (χ0v) is 5.63. The van der Waals surface area contributed by atoms with Gasteiger partial charge in [0.1, 0.15) is 5.36 Å². The molecule has 1 atom stereocenters. The lowest BCUT2D eigenvalue weighted by Crippen LogP contribution is -2.19. The molecule has 0 amide bonds. The third-order valence-electron chi connectivity index (χ3n) is 1.47. The van der Waals surface area contributed by atoms with Crippen molar-refractivity contribution < 1.29 is 0 Å². The molecule has 0 aromatic carbocycles. The van der Waals surface area contributed by atoms with Crippen molar-refractivity contribution in [3.05, 3.63) is 23.1 Å². The van der Waals surface area contributed by atoms with E-state index >= 15 is 0 Å². The number of aromatic nitrogens is 1. The van der Waals surface area contributed by atoms with Gasteiger partial charge in [-0.3, -0.25) is 5.32 Å². The molecular weight excluding hydrogens is 128 g/mol. The Hall–Kier alpha value is -1.16. The summed E-state index contributed by atoms with van der Waals surface area (Å²) in [5.41, 5.74) is 0.874. The maximum absolute atomic E-state index is 4.22. The molecule has 2 heterocycles. The highest BCUT2D eigenvalue weighted by Gasteiger charge is 2.05. The Balaban J connectivity index is 2.58. The van der Waals surface area contributed by atoms with Crippen LogP contribution in [0.5, 0.6) is 0 Å². The zero-order chi connectivity index (χ0) is 6.97. The normalized spacial score (nSPS) is 21.5. The summed E-state index contributed by atoms with van der Waals surface area (Å²) in [5.74, 6) is 0. The van der Waals surface area contributed by atoms with Gasteiger partial charge < -0.3 is 4.98 Å². The molecule has 2 rings (SSSR count). The fraction of sp³-hybridized carbons (Fsp3) is 0.333. The minimum absolute atomic E-state index is 0.0811. The van der Waals surface area contributed by atoms with E-state index in [9.17, 15) is 0 Å². The number of rotatable bonds is 1. The van der Waals surface area contributed by atoms with Gasteiger partial charge >= 0.3 is 0 Å². The molecule has 0 saturated heterocycles. The van der Waals surface area contributed by atoms with Crippen molar-refractivity contribution in [2.45, 2.75) is 6.29 Å². The number of fused-ring (bicyclic) bond motifs is 1. The van der Waals surface area contributed by atoms with E-state index in [-0.39, 0.29) is 6.29 Å². The summed E-state index contributed by atoms with van der Waals surface area (Å²) in [6.45, 7) is 0. The van der Waals surface area contributed by atoms with Gasteiger partial charge in [-0.1, -0.05) is 0 Å². The fourth-order valence-electron chi connectivity index (χ4n) is 0.972. The number of H-pyrrole nitrogens is 1. The lowest BCUT2D eigenvalue weighted by atomic mass is 10.6. The van der Waals surface area contributed by atoms with Gasteiger partial charge in [-0.25, -0.2) is 9.98 Å². The highest BCUT2D eigenvalue weighted by molar-refractivity contribution is 4.92. The molecule has 52 valence electrons. The van der Waals surface area contributed by atoms with Gasteiger partial charge in [-0.05, 0) is 13.1 Å². The van der Waals surface area contributed by atoms with Crippen LogP contribution in [0.15, 0.2) is 22.2 Å². The van der Waals surface area contributed by atoms with E-state index in [1.165, 1.54) is 0 Å². The second-order valence-corrected chi connectivity index (χ2v) is 2.13. The molecule has 2 N–H and O–H groups in total. The van der Waals surface area contributed by atoms with Crippen molar-refractivity contribution in [1.29, 1.82) is 0 Å². The molecule has 0 radical (unpaired) electrons. The van der Waals surface area contributed by atoms with Crippen LogP contribution in [0.3, 0.4) is 0 Å². The van der Waals surface area contributed by atoms with Gasteiger partial charge in [0.05, 0.1) is 0 Å². The molecule has 0 aliphatic carbocycles. The summed E-state index contributed by atoms with van der Waals surface area (Å²) in [6.07, 6.45) is 1.76. The molecule has 1 aromatic rings. The van der Waals surface area contributed by atoms with Crippen LogP contribution in [0, 0.1) is 0 Å². The molecule has 4 heteroatoms. The monoisotopic (exact) mass is 136 g/mol. The van der Waals surface area contributed by atoms with Gasteiger partial charge in [0, 0.05) is 6.20 Å². The van der Waals surface area contributed by atoms with E-state index in [0.29, 0.717) is 0 Å². The van der Waals surface area contributed by atoms with Crippen molar-refractivity contribution in [2.24, 2.45) is 9.98 Å². The lowest BCUT2D eigenvalue weighted by molar-refractivity contribution is 0.609. The van der Waals surface area contributed by atoms with E-state index < -0.39 is 0 Å². The molecule has 0 spiro atoms. The molecule has 0 saturated carbocycles. The first-order chi connectivity index (χ1) is 4.90. The second-order valence-electron chi connectivity index (χ2n) is 2.13. The molecule has 10 heavy (non-hydrogen) atoms. The van der Waals surface area contributed by atoms with Gasteiger partial charge in [0.15, 0.2) is 11.8 Å². The first kappa shape index (κ1) is 5.61. The average molecular weight is 136 g/mol. The van der Waals surface area contributed by atoms with Gasteiger partial charge in [0.25, 0.3) is 0 Å². The van der Waals surface area contributed by atoms with E-state index in [2.05, 4.69) is 20.3 Å². The predicted molar refractivity (Wildman–Crippen MR) is 36.0 cm³/mol. The number of hydrogen-bond donors (Lipinski definition) is 2. The second kappa shape index (κ2) is 1.91. The maximum Gasteiger partial charge on any atom is 0.196 e. The standard InChI is InChI=1S/C6H8N4/c1-7-6-9-4-2-3-8-5(4)10-6/h2-3,6-7H,1H3,(H,8,10). The van der Waals surface area contributed by atoms with E-state index in [0.717, 1.165) is 10.8 Å². The quantitative estimate of drug-likeness (QED) is 0.499. The van der Waals surface area contributed by atoms with Crippen molar-refractivity contribution in [3.8, 4) is 0 Å². The highest BCUT2D eigenvalue weighted by Crippen LogP contribution is 1.86. The van der Waals surface area contributed by atoms with E-state index in [4.69, 9.17) is 0 Å². The molecule has 0 bridgehead atoms. The first-order valence-electron chi connectivity index (χ1n) is 3.16. The summed E-state index contributed by atoms with van der Waals surface area (Å²) in [5, 5.41) is 3.89. The van der Waals surface area contributed by atoms with Crippen molar-refractivity contribution in [2.75, 3.05) is 7.05 Å². The Morgan fingerprint density at radius 3 is 3.20 bits per heavy atom. The molecule has 4 nitrogen and oxygen atoms in total. The minimum Gasteiger partial charge on any atom is -0.345 e. The highest BCUT2D eigenvalue weighted by atomic mass is 15.2. The number of hydrogen-bond acceptors (Lipinski definition) is 3. The van der Waals surface area contributed by atoms with Crippen LogP contribution in [-0.4, -0.2) is 18.3 Å². The topological polar surface area (TPSA) is 52.5 Å². The molecule has 1 unspecified atom stereocenters. The smallest absolute Gasteiger partial charge is 0.196 e. The van der Waals surface area contributed by atoms with Crippen LogP contribution in [0.25, 0.3) is 0 Å². The van der Waals surface area contributed by atoms with Gasteiger partial charge in [0.2, 0.25) is 0 Å². The summed E-state index contributed by atoms with van der Waals surface area (Å²) in [7, 11) is 1.84. The van der Waals surface area contributed by atoms with Crippen LogP contribution in [0.4, 0.5) is 0 Å². The fourth-order valence-corrected chi connectivity index (χ4v) is 0.972. The minimum atomic E-state index is -0.0811. The van der Waals surface area contributed by atoms with Crippen molar-refractivity contribution in [1.82, 2.24) is 10.3 Å². The van der Waals surface area contributed by atoms with Crippen LogP contribution < -0.4 is 16.2 Å². The number of aromatic amines is 1. The predicted octanol–water partition coefficient (Wildman–Crippen LogP) is -1.23. The summed E-state index contributed by atoms with van der Waals surface area (Å²) in [6, 6.07) is 1.91. The average Bonchev–Trinajstić information content (AvgIpc) is 2.42. The summed E-state index contributed by atoms with van der Waals surface area (Å²) in [4.78, 5) is 11.4. The maximum atomic E-state index is 4.22. The van der Waals surface area contributed by atoms with Crippen LogP contribution in [0.1, 0.15) is 0 Å². The Labute approximate surface area is 57.7 Å². The Bertz CT molecular complexity index is 306. The largest absolute Gasteiger partial charge is 0.345 e. The number of nitrogens with one attached hydrogen (secondary N) is 2. The third-order valence-corrected chi connectivity index (χ3v) is 1.47. The van der Waals surface area contributed by atoms with Crippen LogP contribution in [-0.2, 0) is 0 Å². The number of nitrogens with zero attached hydrogens (tertiary/aromatic N) is 2. The Kier molecular flexibility index (Phi) is 1.07. The third kappa shape index (κ3) is 0.657. The summed E-state index contributed by atoms with van der Waals surface area (Å²) >= 11 is 0. The zero-order valence-electron chi connectivity index (χ0n) is 5.63. The van der Waals surface area contributed by atoms with Crippen molar-refractivity contribution in [3.63, 3.8) is 0 Å². The molecule has 1 aliphatic rings.